The number of benzene rings is 1. The van der Waals surface area contributed by atoms with Gasteiger partial charge in [-0.25, -0.2) is 31.4 Å². The van der Waals surface area contributed by atoms with Crippen LogP contribution < -0.4 is 24.8 Å². The summed E-state index contributed by atoms with van der Waals surface area (Å²) in [5, 5.41) is 4.70. The number of methoxy groups -OCH3 is 1. The number of ether oxygens (including phenoxy) is 3. The molecule has 1 saturated heterocycles. The fourth-order valence-corrected chi connectivity index (χ4v) is 9.45. The van der Waals surface area contributed by atoms with Crippen molar-refractivity contribution in [1.82, 2.24) is 25.2 Å². The van der Waals surface area contributed by atoms with Gasteiger partial charge in [-0.05, 0) is 82.4 Å². The van der Waals surface area contributed by atoms with Crippen LogP contribution in [0.1, 0.15) is 85.1 Å². The maximum Gasteiger partial charge on any atom is 0.418 e. The van der Waals surface area contributed by atoms with Gasteiger partial charge in [0.05, 0.1) is 19.2 Å². The Kier molecular flexibility index (Phi) is 12.6. The average Bonchev–Trinajstić information content (AvgIpc) is 4.08. The van der Waals surface area contributed by atoms with Crippen molar-refractivity contribution < 1.29 is 68.1 Å². The Labute approximate surface area is 354 Å². The summed E-state index contributed by atoms with van der Waals surface area (Å²) < 4.78 is 128. The minimum Gasteiger partial charge on any atom is -0.497 e. The molecule has 0 unspecified atom stereocenters. The van der Waals surface area contributed by atoms with E-state index in [2.05, 4.69) is 15.6 Å². The van der Waals surface area contributed by atoms with E-state index in [-0.39, 0.29) is 54.0 Å². The first-order chi connectivity index (χ1) is 28.8. The zero-order valence-corrected chi connectivity index (χ0v) is 35.9. The van der Waals surface area contributed by atoms with Crippen molar-refractivity contribution in [3.63, 3.8) is 0 Å². The number of alkyl carbamates (subject to hydrolysis) is 1. The number of rotatable bonds is 10. The van der Waals surface area contributed by atoms with Gasteiger partial charge in [0.1, 0.15) is 40.9 Å². The number of hydrogen-bond donors (Lipinski definition) is 3. The van der Waals surface area contributed by atoms with Crippen LogP contribution in [0.4, 0.5) is 31.1 Å². The molecule has 4 amide bonds. The first kappa shape index (κ1) is 46.7. The van der Waals surface area contributed by atoms with Gasteiger partial charge in [-0.15, -0.1) is 0 Å². The maximum absolute atomic E-state index is 14.8. The van der Waals surface area contributed by atoms with Gasteiger partial charge in [-0.2, -0.15) is 13.2 Å². The zero-order chi connectivity index (χ0) is 45.8. The number of carbonyl (C=O) groups is 4. The van der Waals surface area contributed by atoms with Crippen LogP contribution in [0.15, 0.2) is 36.5 Å². The molecule has 2 saturated carbocycles. The Morgan fingerprint density at radius 2 is 1.74 bits per heavy atom. The van der Waals surface area contributed by atoms with Gasteiger partial charge in [0, 0.05) is 36.2 Å². The number of sulfonamides is 1. The van der Waals surface area contributed by atoms with Crippen LogP contribution in [0.25, 0.3) is 10.8 Å². The highest BCUT2D eigenvalue weighted by molar-refractivity contribution is 7.91. The fourth-order valence-electron chi connectivity index (χ4n) is 8.03. The molecule has 342 valence electrons. The quantitative estimate of drug-likeness (QED) is 0.190. The average molecular weight is 904 g/mol. The molecular weight excluding hydrogens is 853 g/mol. The van der Waals surface area contributed by atoms with Gasteiger partial charge in [0.15, 0.2) is 5.60 Å². The van der Waals surface area contributed by atoms with Crippen molar-refractivity contribution in [2.45, 2.75) is 126 Å². The number of halogens is 6. The summed E-state index contributed by atoms with van der Waals surface area (Å²) in [6.45, 7) is 4.45. The second-order valence-corrected chi connectivity index (χ2v) is 19.7. The van der Waals surface area contributed by atoms with Crippen LogP contribution in [0.2, 0.25) is 0 Å². The van der Waals surface area contributed by atoms with E-state index in [1.807, 2.05) is 11.6 Å². The molecule has 62 heavy (non-hydrogen) atoms. The Morgan fingerprint density at radius 1 is 1.05 bits per heavy atom. The minimum absolute atomic E-state index is 0.0102. The summed E-state index contributed by atoms with van der Waals surface area (Å²) in [6, 6.07) is 0.861. The largest absolute Gasteiger partial charge is 0.497 e. The van der Waals surface area contributed by atoms with Gasteiger partial charge in [-0.3, -0.25) is 19.1 Å². The highest BCUT2D eigenvalue weighted by Crippen LogP contribution is 2.48. The smallest absolute Gasteiger partial charge is 0.418 e. The van der Waals surface area contributed by atoms with Crippen LogP contribution in [0.3, 0.4) is 0 Å². The lowest BCUT2D eigenvalue weighted by atomic mass is 9.88. The topological polar surface area (TPSA) is 182 Å². The lowest BCUT2D eigenvalue weighted by Gasteiger charge is -2.35. The lowest BCUT2D eigenvalue weighted by molar-refractivity contribution is -0.152. The summed E-state index contributed by atoms with van der Waals surface area (Å²) in [7, 11) is -3.24. The molecule has 1 aromatic heterocycles. The number of aromatic nitrogens is 1. The second-order valence-electron chi connectivity index (χ2n) is 17.6. The second kappa shape index (κ2) is 16.7. The molecule has 0 spiro atoms. The van der Waals surface area contributed by atoms with Crippen LogP contribution in [0.5, 0.6) is 11.6 Å². The molecular formula is C41H51F6N5O9S. The Morgan fingerprint density at radius 3 is 2.35 bits per heavy atom. The highest BCUT2D eigenvalue weighted by Gasteiger charge is 2.64. The molecule has 3 fully saturated rings. The highest BCUT2D eigenvalue weighted by atomic mass is 32.2. The number of nitrogens with one attached hydrogen (secondary N) is 3. The van der Waals surface area contributed by atoms with Crippen LogP contribution in [-0.2, 0) is 35.3 Å². The summed E-state index contributed by atoms with van der Waals surface area (Å²) in [4.78, 5) is 61.6. The zero-order valence-electron chi connectivity index (χ0n) is 35.0. The van der Waals surface area contributed by atoms with E-state index in [0.717, 1.165) is 24.8 Å². The van der Waals surface area contributed by atoms with E-state index in [1.165, 1.54) is 19.2 Å². The van der Waals surface area contributed by atoms with E-state index >= 15 is 0 Å². The van der Waals surface area contributed by atoms with Crippen molar-refractivity contribution in [2.75, 3.05) is 20.3 Å². The van der Waals surface area contributed by atoms with Crippen LogP contribution >= 0.6 is 0 Å². The molecule has 1 aromatic carbocycles. The Hall–Kier alpha value is -4.82. The number of allylic oxidation sites excluding steroid dienone is 1. The molecule has 14 nitrogen and oxygen atoms in total. The first-order valence-corrected chi connectivity index (χ1v) is 21.8. The number of nitrogens with zero attached hydrogens (tertiary/aromatic N) is 2. The maximum atomic E-state index is 14.8. The Bertz CT molecular complexity index is 2230. The third-order valence-electron chi connectivity index (χ3n) is 12.6. The molecule has 2 aliphatic heterocycles. The number of carbonyl (C=O) groups excluding carboxylic acids is 4. The summed E-state index contributed by atoms with van der Waals surface area (Å²) in [5.74, 6) is -8.09. The molecule has 0 radical (unpaired) electrons. The van der Waals surface area contributed by atoms with Crippen molar-refractivity contribution in [2.24, 2.45) is 17.8 Å². The Balaban J connectivity index is 1.38. The van der Waals surface area contributed by atoms with Gasteiger partial charge >= 0.3 is 12.3 Å². The fraction of sp³-hybridized carbons (Fsp3) is 0.634. The molecule has 7 atom stereocenters. The van der Waals surface area contributed by atoms with E-state index < -0.39 is 111 Å². The normalized spacial score (nSPS) is 28.6. The summed E-state index contributed by atoms with van der Waals surface area (Å²) in [6.07, 6.45) is -2.36. The standard InChI is InChI=1S/C41H51F6N5O9S/c1-22-9-7-8-10-24-18-40(24,35(55)51-62(57,58)39(21-42)13-14-39)50-32(53)30-17-26(60-33-27-12-11-25(59-6)16-28(27)29(19-48-33)41(45,46)47)20-52(30)34(54)31(23(2)15-22)49-36(56)61-37(3,4)38(5,43)44/h8,10-12,16,19,22-24,26,30-31H,7,9,13-15,17-18,20-21H2,1-6H3,(H,49,56)(H,50,53)(H,51,55)/b10-8-/t22-,23+,24+,26+,30-,31-,40+/m0/s1. The molecule has 4 aliphatic rings. The third kappa shape index (κ3) is 9.27. The van der Waals surface area contributed by atoms with E-state index in [9.17, 15) is 53.9 Å². The monoisotopic (exact) mass is 903 g/mol. The number of hydrogen-bond acceptors (Lipinski definition) is 10. The van der Waals surface area contributed by atoms with Gasteiger partial charge in [0.25, 0.3) is 11.8 Å². The number of alkyl halides is 6. The SMILES string of the molecule is COc1ccc2c(O[C@@H]3C[C@H]4C(=O)N[C@]5(C(=O)NS(=O)(=O)C6(CF)CC6)C[C@H]5/C=C\CC[C@H](C)C[C@@H](C)[C@H](NC(=O)OC(C)(C)C(C)(F)F)C(=O)N4C3)ncc(C(F)(F)F)c2c1. The molecule has 3 N–H and O–H groups in total. The van der Waals surface area contributed by atoms with Crippen molar-refractivity contribution in [3.05, 3.63) is 42.1 Å². The van der Waals surface area contributed by atoms with Gasteiger partial charge < -0.3 is 29.7 Å². The number of fused-ring (bicyclic) bond motifs is 3. The van der Waals surface area contributed by atoms with Crippen molar-refractivity contribution in [3.8, 4) is 11.6 Å². The summed E-state index contributed by atoms with van der Waals surface area (Å²) in [5.41, 5.74) is -5.24. The van der Waals surface area contributed by atoms with Crippen molar-refractivity contribution >= 4 is 44.6 Å². The molecule has 6 rings (SSSR count). The van der Waals surface area contributed by atoms with Crippen LogP contribution in [-0.4, -0.2) is 102 Å². The minimum atomic E-state index is -4.82. The first-order valence-electron chi connectivity index (χ1n) is 20.3. The lowest BCUT2D eigenvalue weighted by Crippen LogP contribution is -2.60. The van der Waals surface area contributed by atoms with Crippen molar-refractivity contribution in [1.29, 1.82) is 0 Å². The number of amides is 4. The van der Waals surface area contributed by atoms with E-state index in [1.54, 1.807) is 19.1 Å². The van der Waals surface area contributed by atoms with Gasteiger partial charge in [0.2, 0.25) is 27.7 Å². The predicted molar refractivity (Wildman–Crippen MR) is 211 cm³/mol. The third-order valence-corrected chi connectivity index (χ3v) is 14.7. The van der Waals surface area contributed by atoms with E-state index in [4.69, 9.17) is 14.2 Å². The molecule has 2 aromatic rings. The molecule has 21 heteroatoms. The predicted octanol–water partition coefficient (Wildman–Crippen LogP) is 5.97. The molecule has 2 aliphatic carbocycles. The number of pyridine rings is 1. The van der Waals surface area contributed by atoms with Crippen LogP contribution in [0, 0.1) is 17.8 Å². The summed E-state index contributed by atoms with van der Waals surface area (Å²) >= 11 is 0. The van der Waals surface area contributed by atoms with Gasteiger partial charge in [-0.1, -0.05) is 26.0 Å². The molecule has 3 heterocycles. The van der Waals surface area contributed by atoms with E-state index in [0.29, 0.717) is 32.4 Å². The molecule has 0 bridgehead atoms.